The van der Waals surface area contributed by atoms with Crippen molar-refractivity contribution in [2.75, 3.05) is 0 Å². The fraction of sp³-hybridized carbons (Fsp3) is 0.209. The summed E-state index contributed by atoms with van der Waals surface area (Å²) in [6, 6.07) is 37.6. The summed E-state index contributed by atoms with van der Waals surface area (Å²) in [5.74, 6) is -1.72. The van der Waals surface area contributed by atoms with Crippen LogP contribution < -0.4 is 0 Å². The van der Waals surface area contributed by atoms with Gasteiger partial charge in [-0.25, -0.2) is 0 Å². The van der Waals surface area contributed by atoms with Gasteiger partial charge in [0.05, 0.1) is 0 Å². The van der Waals surface area contributed by atoms with Gasteiger partial charge < -0.3 is 0 Å². The van der Waals surface area contributed by atoms with Gasteiger partial charge >= 0.3 is 292 Å². The van der Waals surface area contributed by atoms with E-state index in [-0.39, 0.29) is 7.25 Å². The molecule has 7 rings (SSSR count). The SMILES string of the molecule is CC1=Cc2c(-c3ccccc3)ccc(C)c2[CH]1[Zr]([Cl])([Cl])([CH]1C(c2c(C)cc(C)cc2C)=Cc2c(-c3ccccc3)cccc21)[SiH](C)C. The maximum atomic E-state index is 8.80. The van der Waals surface area contributed by atoms with Gasteiger partial charge in [0.1, 0.15) is 0 Å². The van der Waals surface area contributed by atoms with Gasteiger partial charge in [0.25, 0.3) is 0 Å². The van der Waals surface area contributed by atoms with Crippen LogP contribution in [0.15, 0.2) is 109 Å². The summed E-state index contributed by atoms with van der Waals surface area (Å²) in [6.07, 6.45) is 4.90. The van der Waals surface area contributed by atoms with E-state index >= 15 is 0 Å². The van der Waals surface area contributed by atoms with Crippen molar-refractivity contribution < 1.29 is 15.6 Å². The Hall–Kier alpha value is -2.74. The molecule has 0 saturated carbocycles. The summed E-state index contributed by atoms with van der Waals surface area (Å²) in [6.45, 7) is 16.2. The molecule has 0 saturated heterocycles. The molecule has 5 aromatic rings. The zero-order valence-electron chi connectivity index (χ0n) is 28.5. The standard InChI is InChI=1S/C24H21.C17H15.C2H7Si.2ClH.Zr/c1-16-12-17(2)24(18(3)13-16)21-14-20-10-7-11-22(23(20)15-21)19-8-5-4-6-9-19;1-12-10-16-13(2)8-9-15(17(16)11-12)14-6-4-3-5-7-14;1-3-2;;;/h4-15H,1-3H3;3-11H,1-2H3;3H,1-2H3;2*1H;/q;;;;;+2/p-2. The van der Waals surface area contributed by atoms with Crippen molar-refractivity contribution in [2.24, 2.45) is 0 Å². The normalized spacial score (nSPS) is 18.0. The van der Waals surface area contributed by atoms with Gasteiger partial charge in [0, 0.05) is 0 Å². The Morgan fingerprint density at radius 2 is 1.15 bits per heavy atom. The number of hydrogen-bond donors (Lipinski definition) is 0. The van der Waals surface area contributed by atoms with Gasteiger partial charge in [-0.15, -0.1) is 0 Å². The van der Waals surface area contributed by atoms with E-state index in [2.05, 4.69) is 163 Å². The second-order valence-electron chi connectivity index (χ2n) is 14.3. The summed E-state index contributed by atoms with van der Waals surface area (Å²) < 4.78 is 0.0141. The number of aryl methyl sites for hydroxylation is 4. The van der Waals surface area contributed by atoms with Crippen LogP contribution in [0.5, 0.6) is 0 Å². The first-order valence-corrected chi connectivity index (χ1v) is 33.2. The van der Waals surface area contributed by atoms with Gasteiger partial charge in [-0.05, 0) is 0 Å². The minimum absolute atomic E-state index is 0.0238. The summed E-state index contributed by atoms with van der Waals surface area (Å²) in [4.78, 5) is 0. The monoisotopic (exact) mass is 747 g/mol. The molecule has 0 aromatic heterocycles. The van der Waals surface area contributed by atoms with Crippen LogP contribution in [0.25, 0.3) is 40.0 Å². The summed E-state index contributed by atoms with van der Waals surface area (Å²) in [7, 11) is 17.6. The molecule has 2 atom stereocenters. The third-order valence-electron chi connectivity index (χ3n) is 11.0. The molecule has 0 bridgehead atoms. The number of benzene rings is 5. The molecule has 2 unspecified atom stereocenters. The Morgan fingerprint density at radius 3 is 1.72 bits per heavy atom. The topological polar surface area (TPSA) is 0 Å². The van der Waals surface area contributed by atoms with Gasteiger partial charge in [-0.2, -0.15) is 0 Å². The summed E-state index contributed by atoms with van der Waals surface area (Å²) in [5.41, 5.74) is 19.4. The molecule has 0 heterocycles. The van der Waals surface area contributed by atoms with Gasteiger partial charge in [0.2, 0.25) is 0 Å². The van der Waals surface area contributed by atoms with Crippen LogP contribution in [-0.4, -0.2) is 5.92 Å². The molecule has 0 amide bonds. The predicted molar refractivity (Wildman–Crippen MR) is 207 cm³/mol. The van der Waals surface area contributed by atoms with Crippen LogP contribution in [0.1, 0.15) is 64.2 Å². The molecular formula is C43H43Cl2SiZr. The van der Waals surface area contributed by atoms with Crippen LogP contribution >= 0.6 is 17.0 Å². The molecule has 5 aromatic carbocycles. The van der Waals surface area contributed by atoms with E-state index in [9.17, 15) is 0 Å². The third-order valence-corrected chi connectivity index (χ3v) is 62.9. The van der Waals surface area contributed by atoms with Crippen molar-refractivity contribution >= 4 is 40.7 Å². The second-order valence-corrected chi connectivity index (χ2v) is 56.8. The third kappa shape index (κ3) is 5.09. The first kappa shape index (κ1) is 32.8. The molecule has 0 nitrogen and oxygen atoms in total. The minimum atomic E-state index is -5.00. The van der Waals surface area contributed by atoms with Crippen LogP contribution in [0.4, 0.5) is 0 Å². The Labute approximate surface area is 290 Å². The summed E-state index contributed by atoms with van der Waals surface area (Å²) in [5, 5.41) is 0. The fourth-order valence-electron chi connectivity index (χ4n) is 8.95. The van der Waals surface area contributed by atoms with Crippen LogP contribution in [0.2, 0.25) is 13.1 Å². The zero-order valence-corrected chi connectivity index (χ0v) is 33.6. The van der Waals surface area contributed by atoms with Crippen molar-refractivity contribution in [3.8, 4) is 22.3 Å². The molecule has 2 aliphatic rings. The Balaban J connectivity index is 1.54. The molecule has 4 heteroatoms. The molecular weight excluding hydrogens is 707 g/mol. The second kappa shape index (κ2) is 12.0. The van der Waals surface area contributed by atoms with E-state index in [1.54, 1.807) is 0 Å². The maximum absolute atomic E-state index is 8.80. The van der Waals surface area contributed by atoms with E-state index in [4.69, 9.17) is 17.0 Å². The first-order valence-electron chi connectivity index (χ1n) is 16.8. The number of fused-ring (bicyclic) bond motifs is 2. The molecule has 237 valence electrons. The molecule has 0 N–H and O–H groups in total. The van der Waals surface area contributed by atoms with E-state index in [0.717, 1.165) is 0 Å². The molecule has 0 radical (unpaired) electrons. The van der Waals surface area contributed by atoms with Crippen LogP contribution in [-0.2, 0) is 15.6 Å². The number of allylic oxidation sites excluding steroid dienone is 2. The van der Waals surface area contributed by atoms with Gasteiger partial charge in [-0.1, -0.05) is 0 Å². The fourth-order valence-corrected chi connectivity index (χ4v) is 40.5. The average Bonchev–Trinajstić information content (AvgIpc) is 3.61. The Bertz CT molecular complexity index is 2080. The van der Waals surface area contributed by atoms with Crippen molar-refractivity contribution in [2.45, 2.75) is 55.0 Å². The van der Waals surface area contributed by atoms with Crippen molar-refractivity contribution in [1.29, 1.82) is 0 Å². The molecule has 47 heavy (non-hydrogen) atoms. The van der Waals surface area contributed by atoms with E-state index in [1.807, 2.05) is 0 Å². The average molecular weight is 750 g/mol. The van der Waals surface area contributed by atoms with Gasteiger partial charge in [0.15, 0.2) is 0 Å². The molecule has 0 spiro atoms. The van der Waals surface area contributed by atoms with E-state index in [0.29, 0.717) is 0 Å². The first-order chi connectivity index (χ1) is 22.4. The Morgan fingerprint density at radius 1 is 0.574 bits per heavy atom. The van der Waals surface area contributed by atoms with Gasteiger partial charge in [-0.3, -0.25) is 0 Å². The number of hydrogen-bond acceptors (Lipinski definition) is 0. The van der Waals surface area contributed by atoms with Crippen LogP contribution in [0, 0.1) is 27.7 Å². The number of rotatable bonds is 6. The van der Waals surface area contributed by atoms with Crippen molar-refractivity contribution in [1.82, 2.24) is 0 Å². The van der Waals surface area contributed by atoms with E-state index in [1.165, 1.54) is 83.5 Å². The van der Waals surface area contributed by atoms with Crippen LogP contribution in [0.3, 0.4) is 0 Å². The van der Waals surface area contributed by atoms with Crippen molar-refractivity contribution in [3.05, 3.63) is 159 Å². The van der Waals surface area contributed by atoms with Crippen molar-refractivity contribution in [3.63, 3.8) is 0 Å². The number of halogens is 2. The zero-order chi connectivity index (χ0) is 33.3. The predicted octanol–water partition coefficient (Wildman–Crippen LogP) is 13.0. The van der Waals surface area contributed by atoms with E-state index < -0.39 is 21.5 Å². The molecule has 2 aliphatic carbocycles. The molecule has 0 fully saturated rings. The quantitative estimate of drug-likeness (QED) is 0.152. The Kier molecular flexibility index (Phi) is 8.37. The molecule has 0 aliphatic heterocycles. The summed E-state index contributed by atoms with van der Waals surface area (Å²) >= 11 is -5.00.